The molecule has 1 N–H and O–H groups in total. The number of hydrogen-bond donors (Lipinski definition) is 1. The number of imidazole rings is 1. The molecule has 2 aromatic heterocycles. The van der Waals surface area contributed by atoms with E-state index in [1.807, 2.05) is 4.52 Å². The standard InChI is InChI=1S/C36H40N6OS.C3H6O2/c43-25-24-39-18-15-30(16-19-39)33-9-5-8-32(26-33)29-10-12-31(13-11-29)34-27-42-35(37-34)44-36(38-42)41-22-20-40(21-23-41)17-14-28-6-3-1-2-4-7-28;1-3(4)5-2/h1-3,5-13,15,26-27,43H,4,14,16-25H2;1-2H3. The van der Waals surface area contributed by atoms with Gasteiger partial charge in [0.1, 0.15) is 0 Å². The van der Waals surface area contributed by atoms with Crippen LogP contribution in [0.25, 0.3) is 32.9 Å². The molecule has 0 spiro atoms. The summed E-state index contributed by atoms with van der Waals surface area (Å²) >= 11 is 1.68. The first kappa shape index (κ1) is 34.5. The lowest BCUT2D eigenvalue weighted by atomic mass is 9.95. The molecule has 1 aliphatic carbocycles. The Morgan fingerprint density at radius 3 is 2.41 bits per heavy atom. The molecule has 1 fully saturated rings. The Kier molecular flexibility index (Phi) is 11.9. The Bertz CT molecular complexity index is 1800. The van der Waals surface area contributed by atoms with Crippen molar-refractivity contribution in [3.63, 3.8) is 0 Å². The maximum absolute atomic E-state index is 9.59. The number of fused-ring (bicyclic) bond motifs is 1. The molecule has 2 aliphatic heterocycles. The number of allylic oxidation sites excluding steroid dienone is 5. The fraction of sp³-hybridized carbons (Fsp3) is 0.359. The SMILES string of the molecule is COC(C)=O.OCCN1CC=C(c2cccc(-c3ccc(-c4cn5nc(N6CCN(CCC7=CCC=CC=C7)CC6)sc5n4)cc3)c2)CC1. The molecule has 0 saturated carbocycles. The summed E-state index contributed by atoms with van der Waals surface area (Å²) in [6.07, 6.45) is 18.6. The summed E-state index contributed by atoms with van der Waals surface area (Å²) in [5, 5.41) is 15.2. The summed E-state index contributed by atoms with van der Waals surface area (Å²) in [4.78, 5) is 22.7. The van der Waals surface area contributed by atoms with Gasteiger partial charge in [-0.25, -0.2) is 9.50 Å². The van der Waals surface area contributed by atoms with E-state index >= 15 is 0 Å². The largest absolute Gasteiger partial charge is 0.469 e. The third kappa shape index (κ3) is 9.21. The minimum absolute atomic E-state index is 0.219. The molecule has 0 unspecified atom stereocenters. The third-order valence-electron chi connectivity index (χ3n) is 9.21. The second-order valence-corrected chi connectivity index (χ2v) is 13.4. The minimum atomic E-state index is -0.245. The molecule has 4 aromatic rings. The second-order valence-electron chi connectivity index (χ2n) is 12.5. The van der Waals surface area contributed by atoms with E-state index in [9.17, 15) is 9.90 Å². The summed E-state index contributed by atoms with van der Waals surface area (Å²) in [5.74, 6) is -0.245. The van der Waals surface area contributed by atoms with E-state index in [1.54, 1.807) is 11.3 Å². The Hall–Kier alpha value is -4.35. The molecule has 7 rings (SSSR count). The van der Waals surface area contributed by atoms with E-state index < -0.39 is 0 Å². The van der Waals surface area contributed by atoms with Crippen LogP contribution in [-0.2, 0) is 9.53 Å². The highest BCUT2D eigenvalue weighted by molar-refractivity contribution is 7.20. The average molecular weight is 679 g/mol. The number of hydrogen-bond acceptors (Lipinski definition) is 9. The zero-order valence-electron chi connectivity index (χ0n) is 28.5. The van der Waals surface area contributed by atoms with Gasteiger partial charge in [0.2, 0.25) is 10.1 Å². The number of carbonyl (C=O) groups excluding carboxylic acids is 1. The number of aliphatic hydroxyl groups is 1. The van der Waals surface area contributed by atoms with E-state index in [1.165, 1.54) is 41.9 Å². The van der Waals surface area contributed by atoms with E-state index in [4.69, 9.17) is 10.1 Å². The van der Waals surface area contributed by atoms with Gasteiger partial charge in [-0.15, -0.1) is 5.10 Å². The number of aliphatic hydroxyl groups excluding tert-OH is 1. The zero-order chi connectivity index (χ0) is 34.0. The number of ether oxygens (including phenoxy) is 1. The topological polar surface area (TPSA) is 86.4 Å². The molecule has 0 amide bonds. The maximum Gasteiger partial charge on any atom is 0.302 e. The van der Waals surface area contributed by atoms with E-state index in [2.05, 4.69) is 111 Å². The van der Waals surface area contributed by atoms with Gasteiger partial charge in [-0.1, -0.05) is 95.8 Å². The number of rotatable bonds is 9. The van der Waals surface area contributed by atoms with Crippen molar-refractivity contribution in [1.82, 2.24) is 24.4 Å². The number of nitrogens with zero attached hydrogens (tertiary/aromatic N) is 6. The van der Waals surface area contributed by atoms with Crippen molar-refractivity contribution >= 4 is 33.0 Å². The predicted molar refractivity (Wildman–Crippen MR) is 200 cm³/mol. The van der Waals surface area contributed by atoms with Gasteiger partial charge in [0, 0.05) is 64.8 Å². The van der Waals surface area contributed by atoms with Gasteiger partial charge in [-0.05, 0) is 47.6 Å². The van der Waals surface area contributed by atoms with Gasteiger partial charge in [-0.3, -0.25) is 14.6 Å². The molecule has 2 aromatic carbocycles. The van der Waals surface area contributed by atoms with Crippen LogP contribution in [0.1, 0.15) is 31.7 Å². The van der Waals surface area contributed by atoms with Crippen LogP contribution in [0, 0.1) is 0 Å². The van der Waals surface area contributed by atoms with Crippen molar-refractivity contribution < 1.29 is 14.6 Å². The number of β-amino-alcohol motifs (C(OH)–C–C–N with tert-alkyl or cyclic N) is 1. The van der Waals surface area contributed by atoms with Crippen LogP contribution in [0.4, 0.5) is 5.13 Å². The highest BCUT2D eigenvalue weighted by atomic mass is 32.1. The lowest BCUT2D eigenvalue weighted by molar-refractivity contribution is -0.137. The fourth-order valence-corrected chi connectivity index (χ4v) is 7.20. The van der Waals surface area contributed by atoms with Crippen LogP contribution in [0.15, 0.2) is 96.8 Å². The lowest BCUT2D eigenvalue weighted by Gasteiger charge is -2.34. The number of aromatic nitrogens is 3. The van der Waals surface area contributed by atoms with Gasteiger partial charge >= 0.3 is 5.97 Å². The molecular formula is C39H46N6O3S. The first-order valence-corrected chi connectivity index (χ1v) is 17.9. The summed E-state index contributed by atoms with van der Waals surface area (Å²) in [7, 11) is 1.35. The van der Waals surface area contributed by atoms with Gasteiger partial charge in [0.05, 0.1) is 25.6 Å². The second kappa shape index (κ2) is 16.8. The van der Waals surface area contributed by atoms with Gasteiger partial charge < -0.3 is 14.7 Å². The van der Waals surface area contributed by atoms with Crippen LogP contribution in [0.5, 0.6) is 0 Å². The monoisotopic (exact) mass is 678 g/mol. The molecule has 256 valence electrons. The van der Waals surface area contributed by atoms with Crippen molar-refractivity contribution in [1.29, 1.82) is 0 Å². The summed E-state index contributed by atoms with van der Waals surface area (Å²) in [6.45, 7) is 9.48. The third-order valence-corrected chi connectivity index (χ3v) is 10.2. The Morgan fingerprint density at radius 2 is 1.69 bits per heavy atom. The van der Waals surface area contributed by atoms with Crippen LogP contribution in [0.3, 0.4) is 0 Å². The predicted octanol–water partition coefficient (Wildman–Crippen LogP) is 6.34. The lowest BCUT2D eigenvalue weighted by Crippen LogP contribution is -2.46. The van der Waals surface area contributed by atoms with Crippen LogP contribution in [0.2, 0.25) is 0 Å². The minimum Gasteiger partial charge on any atom is -0.469 e. The first-order chi connectivity index (χ1) is 24.0. The normalized spacial score (nSPS) is 16.9. The van der Waals surface area contributed by atoms with Crippen molar-refractivity contribution in [2.24, 2.45) is 0 Å². The van der Waals surface area contributed by atoms with Crippen molar-refractivity contribution in [2.45, 2.75) is 26.2 Å². The zero-order valence-corrected chi connectivity index (χ0v) is 29.3. The molecule has 49 heavy (non-hydrogen) atoms. The number of piperazine rings is 1. The fourth-order valence-electron chi connectivity index (χ4n) is 6.27. The number of anilines is 1. The van der Waals surface area contributed by atoms with Crippen LogP contribution >= 0.6 is 11.3 Å². The van der Waals surface area contributed by atoms with Crippen molar-refractivity contribution in [2.75, 3.05) is 71.0 Å². The molecule has 10 heteroatoms. The maximum atomic E-state index is 9.59. The number of benzene rings is 2. The van der Waals surface area contributed by atoms with Crippen molar-refractivity contribution in [3.05, 3.63) is 102 Å². The Morgan fingerprint density at radius 1 is 0.918 bits per heavy atom. The highest BCUT2D eigenvalue weighted by Crippen LogP contribution is 2.31. The Balaban J connectivity index is 0.000000778. The molecule has 3 aliphatic rings. The van der Waals surface area contributed by atoms with Crippen LogP contribution < -0.4 is 4.90 Å². The molecule has 0 bridgehead atoms. The summed E-state index contributed by atoms with van der Waals surface area (Å²) in [6, 6.07) is 17.6. The molecule has 0 radical (unpaired) electrons. The molecule has 4 heterocycles. The van der Waals surface area contributed by atoms with Gasteiger partial charge in [-0.2, -0.15) is 0 Å². The van der Waals surface area contributed by atoms with E-state index in [0.717, 1.165) is 93.0 Å². The smallest absolute Gasteiger partial charge is 0.302 e. The van der Waals surface area contributed by atoms with Crippen molar-refractivity contribution in [3.8, 4) is 22.4 Å². The number of carbonyl (C=O) groups is 1. The van der Waals surface area contributed by atoms with E-state index in [0.29, 0.717) is 0 Å². The molecule has 9 nitrogen and oxygen atoms in total. The number of esters is 1. The van der Waals surface area contributed by atoms with Gasteiger partial charge in [0.15, 0.2) is 0 Å². The van der Waals surface area contributed by atoms with E-state index in [-0.39, 0.29) is 12.6 Å². The highest BCUT2D eigenvalue weighted by Gasteiger charge is 2.21. The summed E-state index contributed by atoms with van der Waals surface area (Å²) < 4.78 is 6.05. The Labute approximate surface area is 293 Å². The molecular weight excluding hydrogens is 633 g/mol. The average Bonchev–Trinajstić information content (AvgIpc) is 3.62. The van der Waals surface area contributed by atoms with Crippen LogP contribution in [-0.4, -0.2) is 102 Å². The first-order valence-electron chi connectivity index (χ1n) is 17.1. The quantitative estimate of drug-likeness (QED) is 0.206. The molecule has 1 saturated heterocycles. The number of methoxy groups -OCH3 is 1. The molecule has 0 atom stereocenters. The van der Waals surface area contributed by atoms with Gasteiger partial charge in [0.25, 0.3) is 0 Å². The summed E-state index contributed by atoms with van der Waals surface area (Å²) in [5.41, 5.74) is 8.61.